The molecule has 6 heteroatoms. The standard InChI is InChI=1S/C15H19FN2O3/c16-12-1-2-13-11(9-12)3-4-15(21-13)5-7-18(8-6-15)10-14(19)17-20/h1-2,9,20H,3-8,10H2,(H,17,19). The van der Waals surface area contributed by atoms with E-state index in [0.29, 0.717) is 0 Å². The highest BCUT2D eigenvalue weighted by molar-refractivity contribution is 5.76. The molecule has 0 saturated carbocycles. The summed E-state index contributed by atoms with van der Waals surface area (Å²) in [5.41, 5.74) is 2.39. The third-order valence-corrected chi connectivity index (χ3v) is 4.46. The molecule has 1 aromatic rings. The van der Waals surface area contributed by atoms with Gasteiger partial charge in [0.2, 0.25) is 0 Å². The van der Waals surface area contributed by atoms with E-state index < -0.39 is 5.91 Å². The van der Waals surface area contributed by atoms with Gasteiger partial charge >= 0.3 is 0 Å². The molecule has 0 aliphatic carbocycles. The Kier molecular flexibility index (Phi) is 3.82. The van der Waals surface area contributed by atoms with Crippen LogP contribution in [0.15, 0.2) is 18.2 Å². The summed E-state index contributed by atoms with van der Waals surface area (Å²) in [5, 5.41) is 8.56. The van der Waals surface area contributed by atoms with Gasteiger partial charge in [-0.1, -0.05) is 0 Å². The fourth-order valence-electron chi connectivity index (χ4n) is 3.20. The Morgan fingerprint density at radius 2 is 2.14 bits per heavy atom. The lowest BCUT2D eigenvalue weighted by Crippen LogP contribution is -2.51. The maximum Gasteiger partial charge on any atom is 0.257 e. The van der Waals surface area contributed by atoms with Crippen LogP contribution in [-0.2, 0) is 11.2 Å². The number of ether oxygens (including phenoxy) is 1. The summed E-state index contributed by atoms with van der Waals surface area (Å²) in [6.07, 6.45) is 3.37. The monoisotopic (exact) mass is 294 g/mol. The molecule has 1 amide bonds. The molecule has 114 valence electrons. The van der Waals surface area contributed by atoms with Gasteiger partial charge in [0.15, 0.2) is 0 Å². The van der Waals surface area contributed by atoms with Crippen molar-refractivity contribution in [1.29, 1.82) is 0 Å². The lowest BCUT2D eigenvalue weighted by Gasteiger charge is -2.44. The average Bonchev–Trinajstić information content (AvgIpc) is 2.50. The minimum Gasteiger partial charge on any atom is -0.487 e. The minimum atomic E-state index is -0.392. The van der Waals surface area contributed by atoms with E-state index in [1.807, 2.05) is 4.90 Å². The molecule has 5 nitrogen and oxygen atoms in total. The maximum absolute atomic E-state index is 13.2. The zero-order valence-corrected chi connectivity index (χ0v) is 11.8. The molecule has 1 saturated heterocycles. The van der Waals surface area contributed by atoms with E-state index in [4.69, 9.17) is 9.94 Å². The number of hydroxylamine groups is 1. The van der Waals surface area contributed by atoms with Crippen LogP contribution in [0.3, 0.4) is 0 Å². The van der Waals surface area contributed by atoms with Gasteiger partial charge in [-0.2, -0.15) is 0 Å². The molecule has 2 aliphatic heterocycles. The second-order valence-corrected chi connectivity index (χ2v) is 5.85. The van der Waals surface area contributed by atoms with Gasteiger partial charge in [-0.3, -0.25) is 14.9 Å². The fourth-order valence-corrected chi connectivity index (χ4v) is 3.20. The number of likely N-dealkylation sites (tertiary alicyclic amines) is 1. The Morgan fingerprint density at radius 1 is 1.38 bits per heavy atom. The van der Waals surface area contributed by atoms with Crippen LogP contribution in [0.4, 0.5) is 4.39 Å². The molecule has 2 aliphatic rings. The highest BCUT2D eigenvalue weighted by Crippen LogP contribution is 2.39. The smallest absolute Gasteiger partial charge is 0.257 e. The first-order valence-electron chi connectivity index (χ1n) is 7.23. The number of hydrogen-bond acceptors (Lipinski definition) is 4. The number of carbonyl (C=O) groups is 1. The molecule has 1 fully saturated rings. The predicted octanol–water partition coefficient (Wildman–Crippen LogP) is 1.49. The summed E-state index contributed by atoms with van der Waals surface area (Å²) in [6.45, 7) is 1.71. The number of rotatable bonds is 2. The van der Waals surface area contributed by atoms with Crippen LogP contribution in [0.5, 0.6) is 5.75 Å². The maximum atomic E-state index is 13.2. The van der Waals surface area contributed by atoms with E-state index in [1.165, 1.54) is 6.07 Å². The second kappa shape index (κ2) is 5.61. The van der Waals surface area contributed by atoms with E-state index in [9.17, 15) is 9.18 Å². The summed E-state index contributed by atoms with van der Waals surface area (Å²) >= 11 is 0. The van der Waals surface area contributed by atoms with E-state index in [0.717, 1.165) is 50.1 Å². The molecular weight excluding hydrogens is 275 g/mol. The van der Waals surface area contributed by atoms with Gasteiger partial charge in [-0.15, -0.1) is 0 Å². The van der Waals surface area contributed by atoms with Crippen molar-refractivity contribution >= 4 is 5.91 Å². The van der Waals surface area contributed by atoms with Crippen molar-refractivity contribution in [3.8, 4) is 5.75 Å². The van der Waals surface area contributed by atoms with E-state index in [1.54, 1.807) is 17.6 Å². The molecule has 21 heavy (non-hydrogen) atoms. The first-order valence-corrected chi connectivity index (χ1v) is 7.23. The van der Waals surface area contributed by atoms with Crippen LogP contribution < -0.4 is 10.2 Å². The lowest BCUT2D eigenvalue weighted by molar-refractivity contribution is -0.131. The number of carbonyl (C=O) groups excluding carboxylic acids is 1. The predicted molar refractivity (Wildman–Crippen MR) is 73.7 cm³/mol. The number of benzene rings is 1. The lowest BCUT2D eigenvalue weighted by atomic mass is 9.83. The van der Waals surface area contributed by atoms with Crippen LogP contribution >= 0.6 is 0 Å². The number of amides is 1. The largest absolute Gasteiger partial charge is 0.487 e. The minimum absolute atomic E-state index is 0.197. The topological polar surface area (TPSA) is 61.8 Å². The van der Waals surface area contributed by atoms with Gasteiger partial charge in [-0.25, -0.2) is 9.87 Å². The van der Waals surface area contributed by atoms with Gasteiger partial charge in [0.1, 0.15) is 17.2 Å². The number of fused-ring (bicyclic) bond motifs is 1. The van der Waals surface area contributed by atoms with Gasteiger partial charge in [0, 0.05) is 13.1 Å². The SMILES string of the molecule is O=C(CN1CCC2(CCc3cc(F)ccc3O2)CC1)NO. The molecule has 0 aromatic heterocycles. The van der Waals surface area contributed by atoms with E-state index in [-0.39, 0.29) is 18.0 Å². The zero-order valence-electron chi connectivity index (χ0n) is 11.8. The zero-order chi connectivity index (χ0) is 14.9. The number of nitrogens with zero attached hydrogens (tertiary/aromatic N) is 1. The average molecular weight is 294 g/mol. The van der Waals surface area contributed by atoms with Crippen LogP contribution in [-0.4, -0.2) is 41.2 Å². The summed E-state index contributed by atoms with van der Waals surface area (Å²) in [5.74, 6) is 0.165. The van der Waals surface area contributed by atoms with Crippen molar-refractivity contribution in [2.45, 2.75) is 31.3 Å². The second-order valence-electron chi connectivity index (χ2n) is 5.85. The Balaban J connectivity index is 1.64. The van der Waals surface area contributed by atoms with Crippen LogP contribution in [0, 0.1) is 5.82 Å². The molecule has 1 aromatic carbocycles. The molecule has 0 bridgehead atoms. The van der Waals surface area contributed by atoms with Gasteiger partial charge in [0.25, 0.3) is 5.91 Å². The van der Waals surface area contributed by atoms with Crippen molar-refractivity contribution in [3.63, 3.8) is 0 Å². The third-order valence-electron chi connectivity index (χ3n) is 4.46. The highest BCUT2D eigenvalue weighted by Gasteiger charge is 2.39. The van der Waals surface area contributed by atoms with Crippen molar-refractivity contribution in [2.24, 2.45) is 0 Å². The van der Waals surface area contributed by atoms with Gasteiger partial charge in [-0.05, 0) is 49.4 Å². The Bertz CT molecular complexity index is 542. The molecule has 2 N–H and O–H groups in total. The van der Waals surface area contributed by atoms with Crippen LogP contribution in [0.25, 0.3) is 0 Å². The van der Waals surface area contributed by atoms with Gasteiger partial charge < -0.3 is 4.74 Å². The number of hydrogen-bond donors (Lipinski definition) is 2. The van der Waals surface area contributed by atoms with Crippen molar-refractivity contribution in [2.75, 3.05) is 19.6 Å². The van der Waals surface area contributed by atoms with Crippen molar-refractivity contribution in [1.82, 2.24) is 10.4 Å². The molecule has 2 heterocycles. The summed E-state index contributed by atoms with van der Waals surface area (Å²) in [7, 11) is 0. The fraction of sp³-hybridized carbons (Fsp3) is 0.533. The summed E-state index contributed by atoms with van der Waals surface area (Å²) < 4.78 is 19.4. The third kappa shape index (κ3) is 3.01. The molecule has 0 unspecified atom stereocenters. The van der Waals surface area contributed by atoms with Crippen LogP contribution in [0.1, 0.15) is 24.8 Å². The van der Waals surface area contributed by atoms with Crippen molar-refractivity contribution < 1.29 is 19.1 Å². The highest BCUT2D eigenvalue weighted by atomic mass is 19.1. The quantitative estimate of drug-likeness (QED) is 0.641. The summed E-state index contributed by atoms with van der Waals surface area (Å²) in [6, 6.07) is 4.68. The Morgan fingerprint density at radius 3 is 2.86 bits per heavy atom. The molecular formula is C15H19FN2O3. The number of aryl methyl sites for hydroxylation is 1. The van der Waals surface area contributed by atoms with Gasteiger partial charge in [0.05, 0.1) is 6.54 Å². The number of halogens is 1. The normalized spacial score (nSPS) is 20.7. The number of piperidine rings is 1. The summed E-state index contributed by atoms with van der Waals surface area (Å²) in [4.78, 5) is 13.2. The van der Waals surface area contributed by atoms with E-state index in [2.05, 4.69) is 0 Å². The number of nitrogens with one attached hydrogen (secondary N) is 1. The Labute approximate surface area is 122 Å². The molecule has 0 radical (unpaired) electrons. The Hall–Kier alpha value is -1.66. The van der Waals surface area contributed by atoms with E-state index >= 15 is 0 Å². The first-order chi connectivity index (χ1) is 10.1. The molecule has 0 atom stereocenters. The molecule has 1 spiro atoms. The van der Waals surface area contributed by atoms with Crippen molar-refractivity contribution in [3.05, 3.63) is 29.6 Å². The van der Waals surface area contributed by atoms with Crippen LogP contribution in [0.2, 0.25) is 0 Å². The molecule has 3 rings (SSSR count). The first kappa shape index (κ1) is 14.3.